The molecule has 0 aromatic carbocycles. The van der Waals surface area contributed by atoms with Crippen LogP contribution >= 0.6 is 0 Å². The van der Waals surface area contributed by atoms with Gasteiger partial charge >= 0.3 is 0 Å². The van der Waals surface area contributed by atoms with E-state index in [0.717, 1.165) is 31.5 Å². The van der Waals surface area contributed by atoms with Crippen LogP contribution in [0.5, 0.6) is 0 Å². The van der Waals surface area contributed by atoms with E-state index < -0.39 is 10.0 Å². The first-order valence-electron chi connectivity index (χ1n) is 6.35. The van der Waals surface area contributed by atoms with Gasteiger partial charge in [0.25, 0.3) is 0 Å². The molecule has 1 fully saturated rings. The molecule has 6 nitrogen and oxygen atoms in total. The average molecular weight is 284 g/mol. The number of nitrogens with two attached hydrogens (primary N) is 2. The molecule has 0 spiro atoms. The molecule has 0 amide bonds. The van der Waals surface area contributed by atoms with Crippen LogP contribution in [-0.4, -0.2) is 32.5 Å². The van der Waals surface area contributed by atoms with Gasteiger partial charge < -0.3 is 10.6 Å². The van der Waals surface area contributed by atoms with Crippen molar-refractivity contribution >= 4 is 15.8 Å². The number of nitrogens with zero attached hydrogens (tertiary/aromatic N) is 2. The number of anilines is 1. The van der Waals surface area contributed by atoms with Crippen LogP contribution in [0, 0.1) is 0 Å². The summed E-state index contributed by atoms with van der Waals surface area (Å²) in [5.74, 6) is 0.757. The van der Waals surface area contributed by atoms with Crippen LogP contribution in [0.15, 0.2) is 23.2 Å². The first-order valence-corrected chi connectivity index (χ1v) is 7.90. The Morgan fingerprint density at radius 3 is 2.37 bits per heavy atom. The molecule has 1 aromatic rings. The molecule has 106 valence electrons. The molecule has 0 bridgehead atoms. The second-order valence-electron chi connectivity index (χ2n) is 5.08. The molecule has 1 aromatic heterocycles. The molecule has 0 unspecified atom stereocenters. The minimum absolute atomic E-state index is 0.0373. The van der Waals surface area contributed by atoms with Gasteiger partial charge in [-0.05, 0) is 37.8 Å². The van der Waals surface area contributed by atoms with E-state index in [2.05, 4.69) is 9.88 Å². The highest BCUT2D eigenvalue weighted by Gasteiger charge is 2.23. The first kappa shape index (κ1) is 14.2. The summed E-state index contributed by atoms with van der Waals surface area (Å²) in [5.41, 5.74) is 5.89. The highest BCUT2D eigenvalue weighted by Crippen LogP contribution is 2.24. The van der Waals surface area contributed by atoms with E-state index in [1.807, 2.05) is 7.05 Å². The highest BCUT2D eigenvalue weighted by atomic mass is 32.2. The summed E-state index contributed by atoms with van der Waals surface area (Å²) in [4.78, 5) is 6.29. The summed E-state index contributed by atoms with van der Waals surface area (Å²) in [6, 6.07) is 3.90. The van der Waals surface area contributed by atoms with Gasteiger partial charge in [0.15, 0.2) is 0 Å². The maximum Gasteiger partial charge on any atom is 0.239 e. The van der Waals surface area contributed by atoms with Gasteiger partial charge in [-0.15, -0.1) is 0 Å². The van der Waals surface area contributed by atoms with Crippen molar-refractivity contribution in [2.75, 3.05) is 11.9 Å². The zero-order valence-corrected chi connectivity index (χ0v) is 11.8. The van der Waals surface area contributed by atoms with Crippen LogP contribution in [-0.2, 0) is 10.0 Å². The van der Waals surface area contributed by atoms with Gasteiger partial charge in [-0.1, -0.05) is 0 Å². The van der Waals surface area contributed by atoms with Gasteiger partial charge in [0.2, 0.25) is 10.0 Å². The molecule has 4 N–H and O–H groups in total. The Balaban J connectivity index is 2.09. The summed E-state index contributed by atoms with van der Waals surface area (Å²) in [7, 11) is -1.70. The highest BCUT2D eigenvalue weighted by molar-refractivity contribution is 7.89. The van der Waals surface area contributed by atoms with E-state index in [4.69, 9.17) is 10.9 Å². The lowest BCUT2D eigenvalue weighted by atomic mass is 9.91. The first-order chi connectivity index (χ1) is 8.88. The third-order valence-corrected chi connectivity index (χ3v) is 4.60. The zero-order chi connectivity index (χ0) is 14.0. The molecule has 1 aliphatic carbocycles. The largest absolute Gasteiger partial charge is 0.357 e. The fraction of sp³-hybridized carbons (Fsp3) is 0.583. The van der Waals surface area contributed by atoms with Gasteiger partial charge in [-0.2, -0.15) is 0 Å². The van der Waals surface area contributed by atoms with Crippen molar-refractivity contribution in [2.24, 2.45) is 10.9 Å². The van der Waals surface area contributed by atoms with Gasteiger partial charge in [-0.3, -0.25) is 0 Å². The summed E-state index contributed by atoms with van der Waals surface area (Å²) < 4.78 is 22.3. The van der Waals surface area contributed by atoms with Gasteiger partial charge in [0.05, 0.1) is 0 Å². The monoisotopic (exact) mass is 284 g/mol. The lowest BCUT2D eigenvalue weighted by molar-refractivity contribution is 0.384. The van der Waals surface area contributed by atoms with E-state index in [0.29, 0.717) is 12.1 Å². The quantitative estimate of drug-likeness (QED) is 0.838. The lowest BCUT2D eigenvalue weighted by Crippen LogP contribution is -2.39. The van der Waals surface area contributed by atoms with Crippen LogP contribution in [0.1, 0.15) is 25.7 Å². The van der Waals surface area contributed by atoms with Crippen molar-refractivity contribution in [1.29, 1.82) is 0 Å². The fourth-order valence-electron chi connectivity index (χ4n) is 2.43. The van der Waals surface area contributed by atoms with Crippen molar-refractivity contribution in [1.82, 2.24) is 4.98 Å². The van der Waals surface area contributed by atoms with Crippen LogP contribution in [0.2, 0.25) is 0 Å². The van der Waals surface area contributed by atoms with Crippen molar-refractivity contribution in [2.45, 2.75) is 42.7 Å². The van der Waals surface area contributed by atoms with E-state index in [1.54, 1.807) is 6.07 Å². The number of hydrogen-bond acceptors (Lipinski definition) is 5. The van der Waals surface area contributed by atoms with Crippen molar-refractivity contribution < 1.29 is 8.42 Å². The van der Waals surface area contributed by atoms with Crippen molar-refractivity contribution in [3.63, 3.8) is 0 Å². The third kappa shape index (κ3) is 3.43. The number of rotatable bonds is 3. The molecule has 0 atom stereocenters. The Hall–Kier alpha value is -1.18. The van der Waals surface area contributed by atoms with Crippen LogP contribution in [0.4, 0.5) is 5.82 Å². The molecule has 19 heavy (non-hydrogen) atoms. The van der Waals surface area contributed by atoms with E-state index in [1.165, 1.54) is 12.3 Å². The number of hydrogen-bond donors (Lipinski definition) is 2. The average Bonchev–Trinajstić information content (AvgIpc) is 2.38. The number of pyridine rings is 1. The molecular formula is C12H20N4O2S. The minimum Gasteiger partial charge on any atom is -0.357 e. The van der Waals surface area contributed by atoms with Crippen LogP contribution in [0.25, 0.3) is 0 Å². The molecule has 1 aliphatic rings. The van der Waals surface area contributed by atoms with Crippen LogP contribution < -0.4 is 15.8 Å². The number of aromatic nitrogens is 1. The predicted octanol–water partition coefficient (Wildman–Crippen LogP) is 0.435. The number of sulfonamides is 1. The molecule has 0 saturated heterocycles. The Morgan fingerprint density at radius 1 is 1.26 bits per heavy atom. The van der Waals surface area contributed by atoms with E-state index in [-0.39, 0.29) is 4.90 Å². The summed E-state index contributed by atoms with van der Waals surface area (Å²) in [6.45, 7) is 0. The normalized spacial score (nSPS) is 24.2. The molecule has 0 radical (unpaired) electrons. The predicted molar refractivity (Wildman–Crippen MR) is 74.2 cm³/mol. The molecule has 1 heterocycles. The molecule has 0 aliphatic heterocycles. The Kier molecular flexibility index (Phi) is 4.07. The molecular weight excluding hydrogens is 264 g/mol. The summed E-state index contributed by atoms with van der Waals surface area (Å²) in [5, 5.41) is 5.05. The number of primary sulfonamides is 1. The second-order valence-corrected chi connectivity index (χ2v) is 6.64. The van der Waals surface area contributed by atoms with Gasteiger partial charge in [0, 0.05) is 25.3 Å². The smallest absolute Gasteiger partial charge is 0.239 e. The maximum atomic E-state index is 11.2. The standard InChI is InChI=1S/C12H20N4O2S/c1-16(10-4-2-9(13)3-5-10)12-7-6-11(8-15-12)19(14,17)18/h6-10H,2-5,13H2,1H3,(H2,14,17,18). The van der Waals surface area contributed by atoms with E-state index in [9.17, 15) is 8.42 Å². The van der Waals surface area contributed by atoms with E-state index >= 15 is 0 Å². The lowest BCUT2D eigenvalue weighted by Gasteiger charge is -2.34. The summed E-state index contributed by atoms with van der Waals surface area (Å²) in [6.07, 6.45) is 5.41. The van der Waals surface area contributed by atoms with Gasteiger partial charge in [0.1, 0.15) is 10.7 Å². The van der Waals surface area contributed by atoms with Crippen molar-refractivity contribution in [3.8, 4) is 0 Å². The Bertz CT molecular complexity index is 521. The molecule has 1 saturated carbocycles. The van der Waals surface area contributed by atoms with Crippen molar-refractivity contribution in [3.05, 3.63) is 18.3 Å². The third-order valence-electron chi connectivity index (χ3n) is 3.70. The topological polar surface area (TPSA) is 102 Å². The zero-order valence-electron chi connectivity index (χ0n) is 11.0. The minimum atomic E-state index is -3.67. The maximum absolute atomic E-state index is 11.2. The summed E-state index contributed by atoms with van der Waals surface area (Å²) >= 11 is 0. The van der Waals surface area contributed by atoms with Crippen LogP contribution in [0.3, 0.4) is 0 Å². The second kappa shape index (κ2) is 5.44. The SMILES string of the molecule is CN(c1ccc(S(N)(=O)=O)cn1)C1CCC(N)CC1. The molecule has 7 heteroatoms. The molecule has 2 rings (SSSR count). The van der Waals surface area contributed by atoms with Gasteiger partial charge in [-0.25, -0.2) is 18.5 Å². The Morgan fingerprint density at radius 2 is 1.89 bits per heavy atom. The Labute approximate surface area is 113 Å². The fourth-order valence-corrected chi connectivity index (χ4v) is 2.88.